The summed E-state index contributed by atoms with van der Waals surface area (Å²) in [5.41, 5.74) is 7.67. The van der Waals surface area contributed by atoms with Crippen molar-refractivity contribution in [3.8, 4) is 0 Å². The molecular weight excluding hydrogens is 250 g/mol. The number of hydrogen-bond acceptors (Lipinski definition) is 4. The summed E-state index contributed by atoms with van der Waals surface area (Å²) in [4.78, 5) is 5.15. The van der Waals surface area contributed by atoms with E-state index in [1.165, 1.54) is 44.3 Å². The predicted octanol–water partition coefficient (Wildman–Crippen LogP) is 0.808. The van der Waals surface area contributed by atoms with Gasteiger partial charge in [0.05, 0.1) is 6.20 Å². The van der Waals surface area contributed by atoms with E-state index >= 15 is 0 Å². The number of fused-ring (bicyclic) bond motifs is 1. The van der Waals surface area contributed by atoms with Crippen molar-refractivity contribution in [2.75, 3.05) is 26.7 Å². The normalized spacial score (nSPS) is 30.9. The summed E-state index contributed by atoms with van der Waals surface area (Å²) in [5.74, 6) is 0. The van der Waals surface area contributed by atoms with Crippen LogP contribution < -0.4 is 5.73 Å². The molecular formula is C15H27N5. The minimum atomic E-state index is 0.149. The molecule has 2 N–H and O–H groups in total. The number of rotatable bonds is 4. The van der Waals surface area contributed by atoms with Crippen molar-refractivity contribution >= 4 is 0 Å². The molecule has 0 radical (unpaired) electrons. The van der Waals surface area contributed by atoms with Gasteiger partial charge in [0.1, 0.15) is 0 Å². The summed E-state index contributed by atoms with van der Waals surface area (Å²) in [7, 11) is 4.21. The van der Waals surface area contributed by atoms with E-state index in [-0.39, 0.29) is 5.54 Å². The van der Waals surface area contributed by atoms with E-state index in [1.807, 2.05) is 17.9 Å². The van der Waals surface area contributed by atoms with Crippen LogP contribution in [0.5, 0.6) is 0 Å². The zero-order chi connectivity index (χ0) is 14.2. The SMILES string of the molecule is CN(Cc1cnn(C)c1)C1(CN)CCN2CCCCC21. The summed E-state index contributed by atoms with van der Waals surface area (Å²) in [6.07, 6.45) is 9.27. The zero-order valence-corrected chi connectivity index (χ0v) is 12.8. The molecule has 0 saturated carbocycles. The highest BCUT2D eigenvalue weighted by molar-refractivity contribution is 5.11. The second-order valence-corrected chi connectivity index (χ2v) is 6.48. The molecule has 2 aliphatic rings. The lowest BCUT2D eigenvalue weighted by Gasteiger charge is -2.46. The van der Waals surface area contributed by atoms with Crippen molar-refractivity contribution in [1.29, 1.82) is 0 Å². The highest BCUT2D eigenvalue weighted by Gasteiger charge is 2.49. The smallest absolute Gasteiger partial charge is 0.0534 e. The van der Waals surface area contributed by atoms with Crippen molar-refractivity contribution in [3.05, 3.63) is 18.0 Å². The topological polar surface area (TPSA) is 50.3 Å². The Labute approximate surface area is 121 Å². The Morgan fingerprint density at radius 2 is 2.30 bits per heavy atom. The Bertz CT molecular complexity index is 457. The monoisotopic (exact) mass is 277 g/mol. The Balaban J connectivity index is 1.77. The number of nitrogens with zero attached hydrogens (tertiary/aromatic N) is 4. The second-order valence-electron chi connectivity index (χ2n) is 6.48. The molecule has 1 aromatic heterocycles. The molecule has 2 aliphatic heterocycles. The van der Waals surface area contributed by atoms with Gasteiger partial charge >= 0.3 is 0 Å². The predicted molar refractivity (Wildman–Crippen MR) is 80.3 cm³/mol. The molecule has 2 unspecified atom stereocenters. The maximum atomic E-state index is 6.25. The maximum absolute atomic E-state index is 6.25. The van der Waals surface area contributed by atoms with E-state index in [2.05, 4.69) is 28.1 Å². The van der Waals surface area contributed by atoms with Crippen LogP contribution in [-0.4, -0.2) is 57.8 Å². The molecule has 2 saturated heterocycles. The fraction of sp³-hybridized carbons (Fsp3) is 0.800. The molecule has 0 spiro atoms. The van der Waals surface area contributed by atoms with Gasteiger partial charge in [0.2, 0.25) is 0 Å². The van der Waals surface area contributed by atoms with Crippen LogP contribution in [0.1, 0.15) is 31.2 Å². The molecule has 0 amide bonds. The molecule has 5 nitrogen and oxygen atoms in total. The van der Waals surface area contributed by atoms with E-state index in [4.69, 9.17) is 5.73 Å². The number of aryl methyl sites for hydroxylation is 1. The zero-order valence-electron chi connectivity index (χ0n) is 12.8. The molecule has 3 heterocycles. The number of likely N-dealkylation sites (N-methyl/N-ethyl adjacent to an activating group) is 1. The second kappa shape index (κ2) is 5.47. The molecule has 3 rings (SSSR count). The van der Waals surface area contributed by atoms with Crippen LogP contribution in [0.15, 0.2) is 12.4 Å². The molecule has 112 valence electrons. The van der Waals surface area contributed by atoms with Crippen molar-refractivity contribution in [2.24, 2.45) is 12.8 Å². The lowest BCUT2D eigenvalue weighted by atomic mass is 9.84. The average molecular weight is 277 g/mol. The molecule has 1 aromatic rings. The van der Waals surface area contributed by atoms with Gasteiger partial charge in [-0.25, -0.2) is 0 Å². The van der Waals surface area contributed by atoms with Crippen LogP contribution in [0.4, 0.5) is 0 Å². The first-order valence-electron chi connectivity index (χ1n) is 7.78. The molecule has 0 aliphatic carbocycles. The fourth-order valence-electron chi connectivity index (χ4n) is 4.20. The van der Waals surface area contributed by atoms with Gasteiger partial charge in [-0.15, -0.1) is 0 Å². The first-order chi connectivity index (χ1) is 9.65. The Kier molecular flexibility index (Phi) is 3.84. The van der Waals surface area contributed by atoms with Gasteiger partial charge in [0, 0.05) is 50.0 Å². The molecule has 5 heteroatoms. The van der Waals surface area contributed by atoms with Crippen LogP contribution in [0.3, 0.4) is 0 Å². The van der Waals surface area contributed by atoms with Gasteiger partial charge in [-0.1, -0.05) is 6.42 Å². The van der Waals surface area contributed by atoms with Gasteiger partial charge in [0.15, 0.2) is 0 Å². The largest absolute Gasteiger partial charge is 0.329 e. The van der Waals surface area contributed by atoms with E-state index in [1.54, 1.807) is 0 Å². The van der Waals surface area contributed by atoms with Gasteiger partial charge < -0.3 is 5.73 Å². The Hall–Kier alpha value is -0.910. The maximum Gasteiger partial charge on any atom is 0.0534 e. The Morgan fingerprint density at radius 3 is 3.00 bits per heavy atom. The summed E-state index contributed by atoms with van der Waals surface area (Å²) in [6, 6.07) is 0.642. The van der Waals surface area contributed by atoms with Crippen molar-refractivity contribution in [3.63, 3.8) is 0 Å². The van der Waals surface area contributed by atoms with Gasteiger partial charge in [-0.3, -0.25) is 14.5 Å². The van der Waals surface area contributed by atoms with Gasteiger partial charge in [0.25, 0.3) is 0 Å². The van der Waals surface area contributed by atoms with Crippen molar-refractivity contribution in [2.45, 2.75) is 43.8 Å². The number of hydrogen-bond donors (Lipinski definition) is 1. The van der Waals surface area contributed by atoms with Crippen LogP contribution in [0.2, 0.25) is 0 Å². The minimum Gasteiger partial charge on any atom is -0.329 e. The molecule has 0 bridgehead atoms. The number of nitrogens with two attached hydrogens (primary N) is 1. The molecule has 20 heavy (non-hydrogen) atoms. The van der Waals surface area contributed by atoms with Crippen LogP contribution in [0.25, 0.3) is 0 Å². The van der Waals surface area contributed by atoms with E-state index in [9.17, 15) is 0 Å². The lowest BCUT2D eigenvalue weighted by molar-refractivity contribution is 0.0511. The quantitative estimate of drug-likeness (QED) is 0.885. The van der Waals surface area contributed by atoms with Crippen LogP contribution in [0, 0.1) is 0 Å². The Morgan fingerprint density at radius 1 is 1.45 bits per heavy atom. The average Bonchev–Trinajstić information content (AvgIpc) is 3.03. The first-order valence-corrected chi connectivity index (χ1v) is 7.78. The third-order valence-corrected chi connectivity index (χ3v) is 5.36. The third-order valence-electron chi connectivity index (χ3n) is 5.36. The van der Waals surface area contributed by atoms with Crippen molar-refractivity contribution < 1.29 is 0 Å². The molecule has 0 aromatic carbocycles. The molecule has 2 fully saturated rings. The number of piperidine rings is 1. The summed E-state index contributed by atoms with van der Waals surface area (Å²) >= 11 is 0. The first kappa shape index (κ1) is 14.0. The minimum absolute atomic E-state index is 0.149. The van der Waals surface area contributed by atoms with Gasteiger partial charge in [-0.2, -0.15) is 5.10 Å². The molecule has 2 atom stereocenters. The standard InChI is InChI=1S/C15H27N5/c1-18(10-13-9-17-19(2)11-13)15(12-16)6-8-20-7-4-3-5-14(15)20/h9,11,14H,3-8,10,12,16H2,1-2H3. The summed E-state index contributed by atoms with van der Waals surface area (Å²) in [5, 5.41) is 4.27. The summed E-state index contributed by atoms with van der Waals surface area (Å²) < 4.78 is 1.87. The van der Waals surface area contributed by atoms with E-state index in [0.29, 0.717) is 6.04 Å². The van der Waals surface area contributed by atoms with Gasteiger partial charge in [-0.05, 0) is 32.9 Å². The highest BCUT2D eigenvalue weighted by Crippen LogP contribution is 2.38. The van der Waals surface area contributed by atoms with E-state index < -0.39 is 0 Å². The highest BCUT2D eigenvalue weighted by atomic mass is 15.3. The van der Waals surface area contributed by atoms with Crippen molar-refractivity contribution in [1.82, 2.24) is 19.6 Å². The third kappa shape index (κ3) is 2.28. The summed E-state index contributed by atoms with van der Waals surface area (Å²) in [6.45, 7) is 4.16. The number of aromatic nitrogens is 2. The van der Waals surface area contributed by atoms with Crippen LogP contribution >= 0.6 is 0 Å². The van der Waals surface area contributed by atoms with Crippen LogP contribution in [-0.2, 0) is 13.6 Å². The fourth-order valence-corrected chi connectivity index (χ4v) is 4.20. The van der Waals surface area contributed by atoms with E-state index in [0.717, 1.165) is 13.1 Å². The lowest BCUT2D eigenvalue weighted by Crippen LogP contribution is -2.60.